The number of benzene rings is 1. The number of sulfonamides is 1. The fourth-order valence-electron chi connectivity index (χ4n) is 4.14. The topological polar surface area (TPSA) is 66.5 Å². The molecule has 3 rings (SSSR count). The Morgan fingerprint density at radius 2 is 1.96 bits per heavy atom. The molecule has 1 aliphatic heterocycles. The first kappa shape index (κ1) is 19.4. The van der Waals surface area contributed by atoms with Crippen molar-refractivity contribution in [1.29, 1.82) is 0 Å². The second kappa shape index (κ2) is 8.09. The first-order chi connectivity index (χ1) is 12.4. The fourth-order valence-corrected chi connectivity index (χ4v) is 5.05. The van der Waals surface area contributed by atoms with Gasteiger partial charge in [0.15, 0.2) is 0 Å². The molecule has 1 aromatic rings. The number of carbonyl (C=O) groups excluding carboxylic acids is 1. The lowest BCUT2D eigenvalue weighted by atomic mass is 9.88. The summed E-state index contributed by atoms with van der Waals surface area (Å²) in [6, 6.07) is 6.60. The Morgan fingerprint density at radius 1 is 1.23 bits per heavy atom. The third-order valence-corrected chi connectivity index (χ3v) is 6.99. The summed E-state index contributed by atoms with van der Waals surface area (Å²) in [6.07, 6.45) is 8.31. The number of piperidine rings is 1. The standard InChI is InChI=1S/C20H30N2O3S/c1-3-19(17-11-10-15-7-4-5-8-16(15)13-17)21-20(23)18-9-6-12-22(14-18)26(2,24)25/h10-11,13,18-19H,3-9,12,14H2,1-2H3,(H,21,23)/t18-,19-/m1/s1. The maximum atomic E-state index is 12.8. The van der Waals surface area contributed by atoms with Crippen molar-refractivity contribution in [3.8, 4) is 0 Å². The molecule has 2 atom stereocenters. The summed E-state index contributed by atoms with van der Waals surface area (Å²) < 4.78 is 25.0. The van der Waals surface area contributed by atoms with Crippen molar-refractivity contribution in [3.05, 3.63) is 34.9 Å². The van der Waals surface area contributed by atoms with E-state index in [9.17, 15) is 13.2 Å². The predicted molar refractivity (Wildman–Crippen MR) is 103 cm³/mol. The summed E-state index contributed by atoms with van der Waals surface area (Å²) in [7, 11) is -3.24. The van der Waals surface area contributed by atoms with E-state index < -0.39 is 10.0 Å². The normalized spacial score (nSPS) is 22.5. The summed E-state index contributed by atoms with van der Waals surface area (Å²) in [6.45, 7) is 2.89. The van der Waals surface area contributed by atoms with Crippen molar-refractivity contribution in [2.75, 3.05) is 19.3 Å². The number of nitrogens with one attached hydrogen (secondary N) is 1. The average Bonchev–Trinajstić information content (AvgIpc) is 2.65. The van der Waals surface area contributed by atoms with Gasteiger partial charge in [-0.2, -0.15) is 0 Å². The maximum absolute atomic E-state index is 12.8. The van der Waals surface area contributed by atoms with Gasteiger partial charge in [0.05, 0.1) is 18.2 Å². The third-order valence-electron chi connectivity index (χ3n) is 5.72. The summed E-state index contributed by atoms with van der Waals surface area (Å²) in [5, 5.41) is 3.17. The molecule has 1 aliphatic carbocycles. The van der Waals surface area contributed by atoms with Gasteiger partial charge in [0.1, 0.15) is 0 Å². The fraction of sp³-hybridized carbons (Fsp3) is 0.650. The van der Waals surface area contributed by atoms with Gasteiger partial charge in [-0.3, -0.25) is 4.79 Å². The molecular weight excluding hydrogens is 348 g/mol. The quantitative estimate of drug-likeness (QED) is 0.857. The second-order valence-electron chi connectivity index (χ2n) is 7.66. The number of carbonyl (C=O) groups is 1. The maximum Gasteiger partial charge on any atom is 0.224 e. The van der Waals surface area contributed by atoms with Gasteiger partial charge in [0.25, 0.3) is 0 Å². The smallest absolute Gasteiger partial charge is 0.224 e. The third kappa shape index (κ3) is 4.46. The monoisotopic (exact) mass is 378 g/mol. The molecule has 0 radical (unpaired) electrons. The Morgan fingerprint density at radius 3 is 2.65 bits per heavy atom. The summed E-state index contributed by atoms with van der Waals surface area (Å²) in [5.74, 6) is -0.284. The molecule has 1 aromatic carbocycles. The van der Waals surface area contributed by atoms with Crippen LogP contribution in [0.25, 0.3) is 0 Å². The Labute approximate surface area is 157 Å². The van der Waals surface area contributed by atoms with Gasteiger partial charge >= 0.3 is 0 Å². The van der Waals surface area contributed by atoms with Gasteiger partial charge in [-0.1, -0.05) is 25.1 Å². The number of hydrogen-bond acceptors (Lipinski definition) is 3. The zero-order valence-electron chi connectivity index (χ0n) is 15.8. The highest BCUT2D eigenvalue weighted by atomic mass is 32.2. The average molecular weight is 379 g/mol. The van der Waals surface area contributed by atoms with Gasteiger partial charge in [-0.05, 0) is 61.6 Å². The Kier molecular flexibility index (Phi) is 6.03. The lowest BCUT2D eigenvalue weighted by molar-refractivity contribution is -0.126. The van der Waals surface area contributed by atoms with E-state index in [4.69, 9.17) is 0 Å². The largest absolute Gasteiger partial charge is 0.349 e. The van der Waals surface area contributed by atoms with Crippen LogP contribution in [0.2, 0.25) is 0 Å². The minimum absolute atomic E-state index is 0.0108. The van der Waals surface area contributed by atoms with Gasteiger partial charge in [0, 0.05) is 13.1 Å². The van der Waals surface area contributed by atoms with E-state index in [1.807, 2.05) is 0 Å². The highest BCUT2D eigenvalue weighted by molar-refractivity contribution is 7.88. The predicted octanol–water partition coefficient (Wildman–Crippen LogP) is 2.80. The van der Waals surface area contributed by atoms with E-state index in [1.165, 1.54) is 34.5 Å². The van der Waals surface area contributed by atoms with Crippen molar-refractivity contribution in [2.24, 2.45) is 5.92 Å². The molecule has 0 spiro atoms. The molecule has 144 valence electrons. The lowest BCUT2D eigenvalue weighted by Crippen LogP contribution is -2.45. The van der Waals surface area contributed by atoms with Gasteiger partial charge in [0.2, 0.25) is 15.9 Å². The molecule has 0 saturated carbocycles. The minimum atomic E-state index is -3.24. The van der Waals surface area contributed by atoms with Crippen LogP contribution in [0.1, 0.15) is 61.8 Å². The Balaban J connectivity index is 1.68. The molecule has 2 aliphatic rings. The van der Waals surface area contributed by atoms with Crippen LogP contribution in [0.15, 0.2) is 18.2 Å². The molecule has 1 amide bonds. The van der Waals surface area contributed by atoms with Crippen LogP contribution in [0.4, 0.5) is 0 Å². The first-order valence-electron chi connectivity index (χ1n) is 9.75. The molecule has 0 unspecified atom stereocenters. The van der Waals surface area contributed by atoms with Crippen molar-refractivity contribution in [1.82, 2.24) is 9.62 Å². The minimum Gasteiger partial charge on any atom is -0.349 e. The molecule has 0 aromatic heterocycles. The van der Waals surface area contributed by atoms with E-state index in [2.05, 4.69) is 30.4 Å². The van der Waals surface area contributed by atoms with Crippen LogP contribution < -0.4 is 5.32 Å². The molecule has 1 fully saturated rings. The lowest BCUT2D eigenvalue weighted by Gasteiger charge is -2.31. The van der Waals surface area contributed by atoms with Gasteiger partial charge in [-0.15, -0.1) is 0 Å². The molecule has 1 saturated heterocycles. The number of aryl methyl sites for hydroxylation is 2. The zero-order chi connectivity index (χ0) is 18.7. The van der Waals surface area contributed by atoms with Crippen molar-refractivity contribution >= 4 is 15.9 Å². The SMILES string of the molecule is CC[C@@H](NC(=O)[C@@H]1CCCN(S(C)(=O)=O)C1)c1ccc2c(c1)CCCC2. The van der Waals surface area contributed by atoms with Crippen molar-refractivity contribution < 1.29 is 13.2 Å². The van der Waals surface area contributed by atoms with E-state index in [0.717, 1.165) is 37.7 Å². The van der Waals surface area contributed by atoms with E-state index >= 15 is 0 Å². The van der Waals surface area contributed by atoms with E-state index in [1.54, 1.807) is 0 Å². The number of rotatable bonds is 5. The number of nitrogens with zero attached hydrogens (tertiary/aromatic N) is 1. The van der Waals surface area contributed by atoms with Crippen LogP contribution in [0.3, 0.4) is 0 Å². The van der Waals surface area contributed by atoms with Crippen LogP contribution in [0.5, 0.6) is 0 Å². The van der Waals surface area contributed by atoms with Gasteiger partial charge < -0.3 is 5.32 Å². The second-order valence-corrected chi connectivity index (χ2v) is 9.65. The van der Waals surface area contributed by atoms with E-state index in [0.29, 0.717) is 13.1 Å². The Bertz CT molecular complexity index is 760. The highest BCUT2D eigenvalue weighted by Gasteiger charge is 2.31. The zero-order valence-corrected chi connectivity index (χ0v) is 16.6. The Hall–Kier alpha value is -1.40. The van der Waals surface area contributed by atoms with Crippen LogP contribution in [0, 0.1) is 5.92 Å². The van der Waals surface area contributed by atoms with Gasteiger partial charge in [-0.25, -0.2) is 12.7 Å². The molecule has 26 heavy (non-hydrogen) atoms. The number of amides is 1. The highest BCUT2D eigenvalue weighted by Crippen LogP contribution is 2.27. The van der Waals surface area contributed by atoms with Crippen molar-refractivity contribution in [3.63, 3.8) is 0 Å². The molecule has 1 heterocycles. The summed E-state index contributed by atoms with van der Waals surface area (Å²) >= 11 is 0. The van der Waals surface area contributed by atoms with Crippen molar-refractivity contribution in [2.45, 2.75) is 57.9 Å². The molecule has 6 heteroatoms. The number of fused-ring (bicyclic) bond motifs is 1. The van der Waals surface area contributed by atoms with E-state index in [-0.39, 0.29) is 17.9 Å². The van der Waals surface area contributed by atoms with Crippen LogP contribution in [-0.4, -0.2) is 38.0 Å². The van der Waals surface area contributed by atoms with Crippen LogP contribution in [-0.2, 0) is 27.7 Å². The molecule has 5 nitrogen and oxygen atoms in total. The number of hydrogen-bond donors (Lipinski definition) is 1. The van der Waals surface area contributed by atoms with Crippen LogP contribution >= 0.6 is 0 Å². The molecule has 1 N–H and O–H groups in total. The first-order valence-corrected chi connectivity index (χ1v) is 11.6. The molecular formula is C20H30N2O3S. The molecule has 0 bridgehead atoms. The summed E-state index contributed by atoms with van der Waals surface area (Å²) in [4.78, 5) is 12.8. The summed E-state index contributed by atoms with van der Waals surface area (Å²) in [5.41, 5.74) is 4.02.